The third kappa shape index (κ3) is 12.6. The van der Waals surface area contributed by atoms with E-state index >= 15 is 0 Å². The minimum atomic E-state index is 0.823. The lowest BCUT2D eigenvalue weighted by molar-refractivity contribution is 0.671. The Morgan fingerprint density at radius 2 is 0.320 bits per heavy atom. The molecule has 5 nitrogen and oxygen atoms in total. The van der Waals surface area contributed by atoms with Crippen LogP contribution in [0.2, 0.25) is 0 Å². The fraction of sp³-hybridized carbons (Fsp3) is 0.0870. The summed E-state index contributed by atoms with van der Waals surface area (Å²) in [6, 6.07) is 116. The molecule has 0 fully saturated rings. The van der Waals surface area contributed by atoms with E-state index in [-0.39, 0.29) is 0 Å². The van der Waals surface area contributed by atoms with Crippen LogP contribution < -0.4 is 19.6 Å². The van der Waals surface area contributed by atoms with Crippen molar-refractivity contribution < 1.29 is 4.42 Å². The second-order valence-corrected chi connectivity index (χ2v) is 26.1. The van der Waals surface area contributed by atoms with Gasteiger partial charge in [0, 0.05) is 90.1 Å². The van der Waals surface area contributed by atoms with E-state index < -0.39 is 0 Å². The number of furan rings is 1. The van der Waals surface area contributed by atoms with Crippen LogP contribution in [-0.2, 0) is 0 Å². The van der Waals surface area contributed by atoms with Crippen molar-refractivity contribution in [3.8, 4) is 44.5 Å². The maximum absolute atomic E-state index is 7.58. The second-order valence-electron chi connectivity index (χ2n) is 26.1. The van der Waals surface area contributed by atoms with Gasteiger partial charge in [-0.2, -0.15) is 0 Å². The Balaban J connectivity index is 0.924. The molecule has 0 aliphatic heterocycles. The van der Waals surface area contributed by atoms with Crippen LogP contribution in [0.4, 0.5) is 68.2 Å². The third-order valence-electron chi connectivity index (χ3n) is 18.8. The first-order valence-corrected chi connectivity index (χ1v) is 33.5. The van der Waals surface area contributed by atoms with Crippen LogP contribution in [0.15, 0.2) is 320 Å². The molecule has 0 unspecified atom stereocenters. The Morgan fingerprint density at radius 1 is 0.165 bits per heavy atom. The average molecular weight is 1250 g/mol. The van der Waals surface area contributed by atoms with E-state index in [0.717, 1.165) is 135 Å². The monoisotopic (exact) mass is 1250 g/mol. The van der Waals surface area contributed by atoms with E-state index in [1.165, 1.54) is 44.5 Å². The highest BCUT2D eigenvalue weighted by atomic mass is 16.3. The van der Waals surface area contributed by atoms with Crippen molar-refractivity contribution in [2.45, 2.75) is 55.4 Å². The standard InChI is InChI=1S/C92H76N4O/c1-61-9-33-75(34-10-61)93(76-35-11-62(2)12-36-76)83-49-25-69(26-50-83)73-57-87(71-29-53-85(54-30-71)95(79-41-17-65(5)18-42-79)80-43-19-66(6)20-44-80)91-89(59-73)90-60-74(70-27-51-84(52-28-70)94(77-37-13-63(3)14-38-77)78-39-15-64(4)16-40-78)58-88(92(90)97-91)72-31-55-86(56-32-72)96(81-45-21-67(7)22-46-81)82-47-23-68(8)24-48-82/h9-60H,1-8H3. The molecule has 0 spiro atoms. The van der Waals surface area contributed by atoms with Gasteiger partial charge >= 0.3 is 0 Å². The van der Waals surface area contributed by atoms with E-state index in [1.54, 1.807) is 0 Å². The summed E-state index contributed by atoms with van der Waals surface area (Å²) in [6.07, 6.45) is 0. The van der Waals surface area contributed by atoms with Gasteiger partial charge in [-0.05, 0) is 259 Å². The first-order chi connectivity index (χ1) is 47.3. The molecule has 0 saturated carbocycles. The average Bonchev–Trinajstić information content (AvgIpc) is 1.60. The Morgan fingerprint density at radius 3 is 0.495 bits per heavy atom. The van der Waals surface area contributed by atoms with Crippen molar-refractivity contribution in [3.63, 3.8) is 0 Å². The fourth-order valence-corrected chi connectivity index (χ4v) is 13.3. The first-order valence-electron chi connectivity index (χ1n) is 33.5. The molecule has 97 heavy (non-hydrogen) atoms. The summed E-state index contributed by atoms with van der Waals surface area (Å²) in [5.74, 6) is 0. The molecule has 470 valence electrons. The summed E-state index contributed by atoms with van der Waals surface area (Å²) in [5, 5.41) is 2.06. The van der Waals surface area contributed by atoms with Gasteiger partial charge in [0.05, 0.1) is 0 Å². The van der Waals surface area contributed by atoms with Crippen LogP contribution in [-0.4, -0.2) is 0 Å². The van der Waals surface area contributed by atoms with Crippen molar-refractivity contribution in [3.05, 3.63) is 360 Å². The number of anilines is 12. The highest BCUT2D eigenvalue weighted by molar-refractivity contribution is 6.16. The molecule has 0 aliphatic rings. The molecular weight excluding hydrogens is 1180 g/mol. The third-order valence-corrected chi connectivity index (χ3v) is 18.8. The van der Waals surface area contributed by atoms with Crippen LogP contribution in [0.5, 0.6) is 0 Å². The van der Waals surface area contributed by atoms with Crippen LogP contribution in [0.1, 0.15) is 44.5 Å². The smallest absolute Gasteiger partial charge is 0.143 e. The van der Waals surface area contributed by atoms with Gasteiger partial charge in [-0.15, -0.1) is 0 Å². The zero-order valence-electron chi connectivity index (χ0n) is 56.2. The lowest BCUT2D eigenvalue weighted by atomic mass is 9.92. The van der Waals surface area contributed by atoms with Crippen molar-refractivity contribution in [1.29, 1.82) is 0 Å². The van der Waals surface area contributed by atoms with Gasteiger partial charge in [0.2, 0.25) is 0 Å². The largest absolute Gasteiger partial charge is 0.455 e. The Labute approximate surface area is 570 Å². The van der Waals surface area contributed by atoms with Crippen molar-refractivity contribution in [2.75, 3.05) is 19.6 Å². The summed E-state index contributed by atoms with van der Waals surface area (Å²) in [6.45, 7) is 17.1. The van der Waals surface area contributed by atoms with E-state index in [2.05, 4.69) is 390 Å². The minimum Gasteiger partial charge on any atom is -0.455 e. The number of rotatable bonds is 16. The molecule has 1 aromatic heterocycles. The molecular formula is C92H76N4O. The molecule has 1 heterocycles. The van der Waals surface area contributed by atoms with Crippen molar-refractivity contribution in [1.82, 2.24) is 0 Å². The molecule has 0 bridgehead atoms. The Hall–Kier alpha value is -11.9. The number of hydrogen-bond donors (Lipinski definition) is 0. The molecule has 15 aromatic rings. The number of fused-ring (bicyclic) bond motifs is 3. The number of nitrogens with zero attached hydrogens (tertiary/aromatic N) is 4. The van der Waals surface area contributed by atoms with Gasteiger partial charge in [0.15, 0.2) is 0 Å². The van der Waals surface area contributed by atoms with Gasteiger partial charge in [0.25, 0.3) is 0 Å². The molecule has 0 aliphatic carbocycles. The number of aryl methyl sites for hydroxylation is 8. The predicted octanol–water partition coefficient (Wildman–Crippen LogP) is 26.6. The van der Waals surface area contributed by atoms with Crippen molar-refractivity contribution in [2.24, 2.45) is 0 Å². The maximum Gasteiger partial charge on any atom is 0.143 e. The highest BCUT2D eigenvalue weighted by Crippen LogP contribution is 2.48. The van der Waals surface area contributed by atoms with Gasteiger partial charge in [0.1, 0.15) is 11.2 Å². The van der Waals surface area contributed by atoms with Gasteiger partial charge in [-0.1, -0.05) is 190 Å². The number of benzene rings is 14. The molecule has 15 rings (SSSR count). The Bertz CT molecular complexity index is 4740. The topological polar surface area (TPSA) is 26.1 Å². The summed E-state index contributed by atoms with van der Waals surface area (Å²) in [4.78, 5) is 9.35. The van der Waals surface area contributed by atoms with Gasteiger partial charge in [-0.3, -0.25) is 0 Å². The number of hydrogen-bond acceptors (Lipinski definition) is 5. The van der Waals surface area contributed by atoms with Crippen LogP contribution in [0, 0.1) is 55.4 Å². The molecule has 0 radical (unpaired) electrons. The predicted molar refractivity (Wildman–Crippen MR) is 412 cm³/mol. The second kappa shape index (κ2) is 26.1. The normalized spacial score (nSPS) is 11.3. The molecule has 5 heteroatoms. The molecule has 0 N–H and O–H groups in total. The summed E-state index contributed by atoms with van der Waals surface area (Å²) >= 11 is 0. The SMILES string of the molecule is Cc1ccc(N(c2ccc(C)cc2)c2ccc(-c3cc(-c4ccc(N(c5ccc(C)cc5)c5ccc(C)cc5)cc4)c4oc5c(-c6ccc(N(c7ccc(C)cc7)c7ccc(C)cc7)cc6)cc(-c6ccc(N(c7ccc(C)cc7)c7ccc(C)cc7)cc6)cc5c4c3)cc2)cc1. The van der Waals surface area contributed by atoms with E-state index in [4.69, 9.17) is 4.42 Å². The van der Waals surface area contributed by atoms with E-state index in [0.29, 0.717) is 0 Å². The van der Waals surface area contributed by atoms with E-state index in [1.807, 2.05) is 0 Å². The maximum atomic E-state index is 7.58. The van der Waals surface area contributed by atoms with Crippen LogP contribution in [0.25, 0.3) is 66.4 Å². The zero-order chi connectivity index (χ0) is 66.3. The summed E-state index contributed by atoms with van der Waals surface area (Å²) in [7, 11) is 0. The van der Waals surface area contributed by atoms with Crippen molar-refractivity contribution >= 4 is 90.2 Å². The minimum absolute atomic E-state index is 0.823. The van der Waals surface area contributed by atoms with Gasteiger partial charge < -0.3 is 24.0 Å². The van der Waals surface area contributed by atoms with Gasteiger partial charge in [-0.25, -0.2) is 0 Å². The first kappa shape index (κ1) is 61.3. The molecule has 0 amide bonds. The molecule has 0 atom stereocenters. The Kier molecular flexibility index (Phi) is 16.5. The van der Waals surface area contributed by atoms with E-state index in [9.17, 15) is 0 Å². The highest BCUT2D eigenvalue weighted by Gasteiger charge is 2.24. The fourth-order valence-electron chi connectivity index (χ4n) is 13.3. The quantitative estimate of drug-likeness (QED) is 0.0961. The van der Waals surface area contributed by atoms with Crippen LogP contribution in [0.3, 0.4) is 0 Å². The summed E-state index contributed by atoms with van der Waals surface area (Å²) in [5.41, 5.74) is 32.9. The summed E-state index contributed by atoms with van der Waals surface area (Å²) < 4.78 is 7.58. The molecule has 14 aromatic carbocycles. The molecule has 0 saturated heterocycles. The zero-order valence-corrected chi connectivity index (χ0v) is 56.2. The lowest BCUT2D eigenvalue weighted by Gasteiger charge is -2.26. The lowest BCUT2D eigenvalue weighted by Crippen LogP contribution is -2.09. The van der Waals surface area contributed by atoms with Crippen LogP contribution >= 0.6 is 0 Å².